The average molecular weight is 251 g/mol. The first-order chi connectivity index (χ1) is 8.59. The van der Waals surface area contributed by atoms with Gasteiger partial charge in [0.25, 0.3) is 11.5 Å². The molecule has 1 unspecified atom stereocenters. The van der Waals surface area contributed by atoms with E-state index in [-0.39, 0.29) is 5.69 Å². The van der Waals surface area contributed by atoms with Crippen LogP contribution in [0.2, 0.25) is 0 Å². The number of nitrogens with zero attached hydrogens (tertiary/aromatic N) is 2. The highest BCUT2D eigenvalue weighted by atomic mass is 16.2. The molecule has 0 aliphatic carbocycles. The molecule has 0 radical (unpaired) electrons. The van der Waals surface area contributed by atoms with Crippen molar-refractivity contribution in [2.45, 2.75) is 6.04 Å². The van der Waals surface area contributed by atoms with Crippen LogP contribution in [0.5, 0.6) is 0 Å². The Bertz CT molecular complexity index is 506. The minimum absolute atomic E-state index is 0.0859. The highest BCUT2D eigenvalue weighted by Gasteiger charge is 2.31. The Morgan fingerprint density at radius 2 is 2.28 bits per heavy atom. The lowest BCUT2D eigenvalue weighted by Gasteiger charge is -2.33. The first-order valence-corrected chi connectivity index (χ1v) is 5.45. The first-order valence-electron chi connectivity index (χ1n) is 5.45. The second-order valence-electron chi connectivity index (χ2n) is 3.92. The SMILES string of the molecule is NC(=O)C1CNCCN1C(=O)c1c[nH]c(=O)cn1. The van der Waals surface area contributed by atoms with Gasteiger partial charge in [0.2, 0.25) is 5.91 Å². The minimum atomic E-state index is -0.694. The molecule has 8 heteroatoms. The molecule has 96 valence electrons. The Kier molecular flexibility index (Phi) is 3.38. The largest absolute Gasteiger partial charge is 0.368 e. The second kappa shape index (κ2) is 4.96. The number of hydrogen-bond acceptors (Lipinski definition) is 5. The lowest BCUT2D eigenvalue weighted by molar-refractivity contribution is -0.122. The summed E-state index contributed by atoms with van der Waals surface area (Å²) in [5.41, 5.74) is 4.94. The van der Waals surface area contributed by atoms with E-state index in [1.54, 1.807) is 0 Å². The Morgan fingerprint density at radius 3 is 2.89 bits per heavy atom. The number of primary amides is 1. The highest BCUT2D eigenvalue weighted by Crippen LogP contribution is 2.07. The highest BCUT2D eigenvalue weighted by molar-refractivity contribution is 5.95. The van der Waals surface area contributed by atoms with E-state index in [4.69, 9.17) is 5.73 Å². The maximum absolute atomic E-state index is 12.1. The topological polar surface area (TPSA) is 121 Å². The fourth-order valence-corrected chi connectivity index (χ4v) is 1.81. The molecule has 1 aromatic heterocycles. The molecule has 1 atom stereocenters. The summed E-state index contributed by atoms with van der Waals surface area (Å²) in [5, 5.41) is 2.99. The summed E-state index contributed by atoms with van der Waals surface area (Å²) >= 11 is 0. The van der Waals surface area contributed by atoms with Gasteiger partial charge in [-0.05, 0) is 0 Å². The molecule has 0 spiro atoms. The van der Waals surface area contributed by atoms with E-state index in [0.717, 1.165) is 6.20 Å². The van der Waals surface area contributed by atoms with E-state index in [1.807, 2.05) is 0 Å². The van der Waals surface area contributed by atoms with Gasteiger partial charge in [-0.15, -0.1) is 0 Å². The molecule has 1 aliphatic heterocycles. The van der Waals surface area contributed by atoms with Crippen molar-refractivity contribution in [2.24, 2.45) is 5.73 Å². The Balaban J connectivity index is 2.23. The molecule has 4 N–H and O–H groups in total. The summed E-state index contributed by atoms with van der Waals surface area (Å²) in [7, 11) is 0. The Labute approximate surface area is 102 Å². The van der Waals surface area contributed by atoms with Crippen LogP contribution in [0, 0.1) is 0 Å². The van der Waals surface area contributed by atoms with Crippen molar-refractivity contribution in [3.05, 3.63) is 28.4 Å². The predicted molar refractivity (Wildman–Crippen MR) is 61.7 cm³/mol. The summed E-state index contributed by atoms with van der Waals surface area (Å²) < 4.78 is 0. The summed E-state index contributed by atoms with van der Waals surface area (Å²) in [6, 6.07) is -0.694. The number of carbonyl (C=O) groups excluding carboxylic acids is 2. The third kappa shape index (κ3) is 2.38. The van der Waals surface area contributed by atoms with E-state index < -0.39 is 23.4 Å². The molecule has 0 aromatic carbocycles. The number of rotatable bonds is 2. The smallest absolute Gasteiger partial charge is 0.274 e. The molecule has 8 nitrogen and oxygen atoms in total. The molecule has 1 aliphatic rings. The van der Waals surface area contributed by atoms with Gasteiger partial charge in [0.1, 0.15) is 11.7 Å². The van der Waals surface area contributed by atoms with E-state index >= 15 is 0 Å². The van der Waals surface area contributed by atoms with Gasteiger partial charge >= 0.3 is 0 Å². The maximum atomic E-state index is 12.1. The second-order valence-corrected chi connectivity index (χ2v) is 3.92. The fourth-order valence-electron chi connectivity index (χ4n) is 1.81. The summed E-state index contributed by atoms with van der Waals surface area (Å²) in [6.07, 6.45) is 2.25. The normalized spacial score (nSPS) is 19.6. The van der Waals surface area contributed by atoms with Gasteiger partial charge in [-0.25, -0.2) is 4.98 Å². The van der Waals surface area contributed by atoms with E-state index in [2.05, 4.69) is 15.3 Å². The molecule has 0 saturated carbocycles. The third-order valence-electron chi connectivity index (χ3n) is 2.72. The molecule has 2 heterocycles. The molecule has 1 fully saturated rings. The number of carbonyl (C=O) groups is 2. The summed E-state index contributed by atoms with van der Waals surface area (Å²) in [4.78, 5) is 41.7. The van der Waals surface area contributed by atoms with Gasteiger partial charge in [0.15, 0.2) is 0 Å². The van der Waals surface area contributed by atoms with Gasteiger partial charge in [-0.3, -0.25) is 14.4 Å². The van der Waals surface area contributed by atoms with Gasteiger partial charge < -0.3 is 20.9 Å². The minimum Gasteiger partial charge on any atom is -0.368 e. The van der Waals surface area contributed by atoms with Crippen molar-refractivity contribution in [1.82, 2.24) is 20.2 Å². The molecule has 18 heavy (non-hydrogen) atoms. The number of H-pyrrole nitrogens is 1. The van der Waals surface area contributed by atoms with Crippen LogP contribution in [0.4, 0.5) is 0 Å². The van der Waals surface area contributed by atoms with Crippen LogP contribution in [-0.2, 0) is 4.79 Å². The number of piperazine rings is 1. The Morgan fingerprint density at radius 1 is 1.50 bits per heavy atom. The van der Waals surface area contributed by atoms with Crippen LogP contribution >= 0.6 is 0 Å². The number of amides is 2. The lowest BCUT2D eigenvalue weighted by atomic mass is 10.1. The fraction of sp³-hybridized carbons (Fsp3) is 0.400. The molecule has 2 rings (SSSR count). The number of aromatic nitrogens is 2. The van der Waals surface area contributed by atoms with Crippen molar-refractivity contribution >= 4 is 11.8 Å². The maximum Gasteiger partial charge on any atom is 0.274 e. The van der Waals surface area contributed by atoms with Crippen LogP contribution in [0.25, 0.3) is 0 Å². The van der Waals surface area contributed by atoms with E-state index in [9.17, 15) is 14.4 Å². The van der Waals surface area contributed by atoms with Crippen molar-refractivity contribution < 1.29 is 9.59 Å². The van der Waals surface area contributed by atoms with Crippen LogP contribution in [0.1, 0.15) is 10.5 Å². The molecular formula is C10H13N5O3. The first kappa shape index (κ1) is 12.2. The lowest BCUT2D eigenvalue weighted by Crippen LogP contribution is -2.58. The van der Waals surface area contributed by atoms with Crippen LogP contribution < -0.4 is 16.6 Å². The number of aromatic amines is 1. The van der Waals surface area contributed by atoms with Gasteiger partial charge in [0.05, 0.1) is 6.20 Å². The zero-order chi connectivity index (χ0) is 13.1. The average Bonchev–Trinajstić information content (AvgIpc) is 2.39. The molecule has 1 aromatic rings. The monoisotopic (exact) mass is 251 g/mol. The van der Waals surface area contributed by atoms with E-state index in [0.29, 0.717) is 19.6 Å². The predicted octanol–water partition coefficient (Wildman–Crippen LogP) is -2.33. The van der Waals surface area contributed by atoms with Gasteiger partial charge in [-0.1, -0.05) is 0 Å². The molecule has 0 bridgehead atoms. The van der Waals surface area contributed by atoms with Gasteiger partial charge in [-0.2, -0.15) is 0 Å². The zero-order valence-corrected chi connectivity index (χ0v) is 9.55. The van der Waals surface area contributed by atoms with Crippen LogP contribution in [-0.4, -0.2) is 52.4 Å². The number of nitrogens with two attached hydrogens (primary N) is 1. The van der Waals surface area contributed by atoms with Gasteiger partial charge in [0, 0.05) is 25.8 Å². The van der Waals surface area contributed by atoms with Crippen molar-refractivity contribution in [1.29, 1.82) is 0 Å². The zero-order valence-electron chi connectivity index (χ0n) is 9.55. The molecular weight excluding hydrogens is 238 g/mol. The van der Waals surface area contributed by atoms with Crippen LogP contribution in [0.15, 0.2) is 17.2 Å². The summed E-state index contributed by atoms with van der Waals surface area (Å²) in [5.74, 6) is -0.989. The van der Waals surface area contributed by atoms with Crippen LogP contribution in [0.3, 0.4) is 0 Å². The van der Waals surface area contributed by atoms with Crippen molar-refractivity contribution in [3.63, 3.8) is 0 Å². The Hall–Kier alpha value is -2.22. The quantitative estimate of drug-likeness (QED) is 0.544. The standard InChI is InChI=1S/C10H13N5O3/c11-9(17)7-4-12-1-2-15(7)10(18)6-3-14-8(16)5-13-6/h3,5,7,12H,1-2,4H2,(H2,11,17)(H,14,16). The number of hydrogen-bond donors (Lipinski definition) is 3. The van der Waals surface area contributed by atoms with E-state index in [1.165, 1.54) is 11.1 Å². The van der Waals surface area contributed by atoms with Crippen molar-refractivity contribution in [2.75, 3.05) is 19.6 Å². The molecule has 2 amide bonds. The van der Waals surface area contributed by atoms with Crippen molar-refractivity contribution in [3.8, 4) is 0 Å². The summed E-state index contributed by atoms with van der Waals surface area (Å²) in [6.45, 7) is 1.27. The molecule has 1 saturated heterocycles. The number of nitrogens with one attached hydrogen (secondary N) is 2. The third-order valence-corrected chi connectivity index (χ3v) is 2.72.